The number of carbonyl (C=O) groups is 1. The number of amides is 1. The molecule has 1 amide bonds. The molecule has 1 fully saturated rings. The van der Waals surface area contributed by atoms with Crippen LogP contribution >= 0.6 is 0 Å². The largest absolute Gasteiger partial charge is 0.340 e. The monoisotopic (exact) mass is 398 g/mol. The molecule has 29 heavy (non-hydrogen) atoms. The lowest BCUT2D eigenvalue weighted by atomic mass is 9.90. The number of imidazole rings is 1. The standard InChI is InChI=1S/C23H31FN4O/c1-3-26-11-13-27(14-12-26)22(29)15-19(18-8-4-5-9-20(18)24)21-16-25-23-17(2)7-6-10-28(21)23/h4-5,8-9,16-17,19H,3,6-7,10-15H2,1-2H3. The van der Waals surface area contributed by atoms with E-state index in [1.165, 1.54) is 6.07 Å². The van der Waals surface area contributed by atoms with Gasteiger partial charge in [-0.05, 0) is 31.0 Å². The molecule has 0 radical (unpaired) electrons. The van der Waals surface area contributed by atoms with Crippen molar-refractivity contribution in [2.24, 2.45) is 0 Å². The third kappa shape index (κ3) is 4.08. The summed E-state index contributed by atoms with van der Waals surface area (Å²) < 4.78 is 17.0. The molecule has 2 atom stereocenters. The van der Waals surface area contributed by atoms with Crippen LogP contribution in [0.15, 0.2) is 30.5 Å². The van der Waals surface area contributed by atoms with Crippen molar-refractivity contribution in [1.29, 1.82) is 0 Å². The van der Waals surface area contributed by atoms with Crippen molar-refractivity contribution in [3.8, 4) is 0 Å². The summed E-state index contributed by atoms with van der Waals surface area (Å²) in [6, 6.07) is 6.86. The lowest BCUT2D eigenvalue weighted by Gasteiger charge is -2.35. The van der Waals surface area contributed by atoms with Gasteiger partial charge in [0, 0.05) is 62.9 Å². The van der Waals surface area contributed by atoms with E-state index in [1.54, 1.807) is 6.07 Å². The highest BCUT2D eigenvalue weighted by Crippen LogP contribution is 2.35. The molecule has 2 aliphatic heterocycles. The summed E-state index contributed by atoms with van der Waals surface area (Å²) in [4.78, 5) is 22.1. The molecule has 0 N–H and O–H groups in total. The summed E-state index contributed by atoms with van der Waals surface area (Å²) >= 11 is 0. The van der Waals surface area contributed by atoms with Gasteiger partial charge in [0.1, 0.15) is 11.6 Å². The number of hydrogen-bond donors (Lipinski definition) is 0. The van der Waals surface area contributed by atoms with Crippen molar-refractivity contribution in [2.45, 2.75) is 51.5 Å². The first-order valence-electron chi connectivity index (χ1n) is 10.9. The van der Waals surface area contributed by atoms with Crippen molar-refractivity contribution in [3.63, 3.8) is 0 Å². The summed E-state index contributed by atoms with van der Waals surface area (Å²) in [5.74, 6) is 1.02. The maximum atomic E-state index is 14.8. The average Bonchev–Trinajstić information content (AvgIpc) is 3.18. The minimum Gasteiger partial charge on any atom is -0.340 e. The van der Waals surface area contributed by atoms with Gasteiger partial charge in [-0.1, -0.05) is 32.0 Å². The topological polar surface area (TPSA) is 41.4 Å². The first-order chi connectivity index (χ1) is 14.1. The van der Waals surface area contributed by atoms with Gasteiger partial charge in [-0.25, -0.2) is 9.37 Å². The fraction of sp³-hybridized carbons (Fsp3) is 0.565. The Morgan fingerprint density at radius 3 is 2.69 bits per heavy atom. The van der Waals surface area contributed by atoms with Crippen molar-refractivity contribution in [2.75, 3.05) is 32.7 Å². The minimum absolute atomic E-state index is 0.105. The van der Waals surface area contributed by atoms with E-state index in [9.17, 15) is 9.18 Å². The molecule has 2 unspecified atom stereocenters. The van der Waals surface area contributed by atoms with Gasteiger partial charge in [-0.15, -0.1) is 0 Å². The molecule has 1 aromatic carbocycles. The number of nitrogens with zero attached hydrogens (tertiary/aromatic N) is 4. The number of aromatic nitrogens is 2. The molecular formula is C23H31FN4O. The molecule has 4 rings (SSSR count). The van der Waals surface area contributed by atoms with Gasteiger partial charge in [0.15, 0.2) is 0 Å². The number of fused-ring (bicyclic) bond motifs is 1. The van der Waals surface area contributed by atoms with E-state index in [1.807, 2.05) is 23.2 Å². The van der Waals surface area contributed by atoms with Crippen LogP contribution in [0.5, 0.6) is 0 Å². The summed E-state index contributed by atoms with van der Waals surface area (Å²) in [5.41, 5.74) is 1.56. The van der Waals surface area contributed by atoms with Gasteiger partial charge in [0.05, 0.1) is 0 Å². The Bertz CT molecular complexity index is 856. The number of likely N-dealkylation sites (N-methyl/N-ethyl adjacent to an activating group) is 1. The Morgan fingerprint density at radius 1 is 1.21 bits per heavy atom. The third-order valence-electron chi connectivity index (χ3n) is 6.57. The predicted octanol–water partition coefficient (Wildman–Crippen LogP) is 3.61. The molecule has 156 valence electrons. The highest BCUT2D eigenvalue weighted by atomic mass is 19.1. The molecule has 2 aromatic rings. The van der Waals surface area contributed by atoms with Crippen LogP contribution in [0.3, 0.4) is 0 Å². The van der Waals surface area contributed by atoms with Crippen LogP contribution in [0.1, 0.15) is 62.0 Å². The number of benzene rings is 1. The van der Waals surface area contributed by atoms with Gasteiger partial charge >= 0.3 is 0 Å². The number of carbonyl (C=O) groups excluding carboxylic acids is 1. The molecule has 0 spiro atoms. The maximum absolute atomic E-state index is 14.8. The fourth-order valence-corrected chi connectivity index (χ4v) is 4.75. The lowest BCUT2D eigenvalue weighted by molar-refractivity contribution is -0.133. The summed E-state index contributed by atoms with van der Waals surface area (Å²) in [7, 11) is 0. The van der Waals surface area contributed by atoms with E-state index in [0.29, 0.717) is 11.5 Å². The van der Waals surface area contributed by atoms with Crippen LogP contribution in [0.2, 0.25) is 0 Å². The second-order valence-corrected chi connectivity index (χ2v) is 8.33. The first kappa shape index (κ1) is 20.1. The van der Waals surface area contributed by atoms with E-state index in [0.717, 1.165) is 63.6 Å². The van der Waals surface area contributed by atoms with Crippen molar-refractivity contribution in [1.82, 2.24) is 19.4 Å². The zero-order valence-electron chi connectivity index (χ0n) is 17.5. The van der Waals surface area contributed by atoms with Crippen molar-refractivity contribution < 1.29 is 9.18 Å². The zero-order valence-corrected chi connectivity index (χ0v) is 17.5. The van der Waals surface area contributed by atoms with Crippen LogP contribution in [0.25, 0.3) is 0 Å². The number of hydrogen-bond acceptors (Lipinski definition) is 3. The van der Waals surface area contributed by atoms with Gasteiger partial charge in [-0.3, -0.25) is 4.79 Å². The molecular weight excluding hydrogens is 367 g/mol. The predicted molar refractivity (Wildman–Crippen MR) is 111 cm³/mol. The second-order valence-electron chi connectivity index (χ2n) is 8.33. The lowest BCUT2D eigenvalue weighted by Crippen LogP contribution is -2.48. The van der Waals surface area contributed by atoms with E-state index in [4.69, 9.17) is 0 Å². The first-order valence-corrected chi connectivity index (χ1v) is 10.9. The molecule has 1 saturated heterocycles. The fourth-order valence-electron chi connectivity index (χ4n) is 4.75. The van der Waals surface area contributed by atoms with Gasteiger partial charge in [-0.2, -0.15) is 0 Å². The Balaban J connectivity index is 1.62. The summed E-state index contributed by atoms with van der Waals surface area (Å²) in [6.45, 7) is 9.56. The Labute approximate surface area is 172 Å². The molecule has 2 aliphatic rings. The van der Waals surface area contributed by atoms with Crippen LogP contribution in [-0.2, 0) is 11.3 Å². The van der Waals surface area contributed by atoms with Crippen molar-refractivity contribution >= 4 is 5.91 Å². The van der Waals surface area contributed by atoms with Gasteiger partial charge in [0.2, 0.25) is 5.91 Å². The van der Waals surface area contributed by atoms with E-state index >= 15 is 0 Å². The molecule has 3 heterocycles. The smallest absolute Gasteiger partial charge is 0.223 e. The number of rotatable bonds is 5. The molecule has 5 nitrogen and oxygen atoms in total. The van der Waals surface area contributed by atoms with Crippen LogP contribution < -0.4 is 0 Å². The number of piperazine rings is 1. The molecule has 6 heteroatoms. The van der Waals surface area contributed by atoms with Gasteiger partial charge < -0.3 is 14.4 Å². The van der Waals surface area contributed by atoms with Crippen LogP contribution in [-0.4, -0.2) is 58.0 Å². The summed E-state index contributed by atoms with van der Waals surface area (Å²) in [5, 5.41) is 0. The molecule has 1 aromatic heterocycles. The highest BCUT2D eigenvalue weighted by Gasteiger charge is 2.30. The van der Waals surface area contributed by atoms with E-state index in [-0.39, 0.29) is 24.1 Å². The van der Waals surface area contributed by atoms with Crippen molar-refractivity contribution in [3.05, 3.63) is 53.4 Å². The van der Waals surface area contributed by atoms with Crippen LogP contribution in [0.4, 0.5) is 4.39 Å². The van der Waals surface area contributed by atoms with E-state index in [2.05, 4.69) is 28.3 Å². The SMILES string of the molecule is CCN1CCN(C(=O)CC(c2ccccc2F)c2cnc3n2CCCC3C)CC1. The Morgan fingerprint density at radius 2 is 1.97 bits per heavy atom. The molecule has 0 bridgehead atoms. The molecule has 0 aliphatic carbocycles. The van der Waals surface area contributed by atoms with Crippen LogP contribution in [0, 0.1) is 5.82 Å². The average molecular weight is 399 g/mol. The zero-order chi connectivity index (χ0) is 20.4. The minimum atomic E-state index is -0.306. The Hall–Kier alpha value is -2.21. The second kappa shape index (κ2) is 8.66. The summed E-state index contributed by atoms with van der Waals surface area (Å²) in [6.07, 6.45) is 4.37. The van der Waals surface area contributed by atoms with Gasteiger partial charge in [0.25, 0.3) is 0 Å². The normalized spacial score (nSPS) is 21.1. The highest BCUT2D eigenvalue weighted by molar-refractivity contribution is 5.78. The molecule has 0 saturated carbocycles. The van der Waals surface area contributed by atoms with E-state index < -0.39 is 0 Å². The third-order valence-corrected chi connectivity index (χ3v) is 6.57. The quantitative estimate of drug-likeness (QED) is 0.773. The maximum Gasteiger partial charge on any atom is 0.223 e. The Kier molecular flexibility index (Phi) is 5.99. The number of halogens is 1.